The standard InChI is InChI=1S/C6H12O7.C5H11N/c7-1-2(8)3(9)4(10)5(11)6(12)13;1-5(2)3-4-6/h2-5,7-11H,1H2,(H,12,13);3H,4,6H2,1-2H3/t2-,3-,4+,5-;/m1./s1. The van der Waals surface area contributed by atoms with Crippen LogP contribution in [0.5, 0.6) is 0 Å². The summed E-state index contributed by atoms with van der Waals surface area (Å²) in [6.07, 6.45) is -5.85. The van der Waals surface area contributed by atoms with Crippen molar-refractivity contribution in [3.8, 4) is 0 Å². The Morgan fingerprint density at radius 1 is 1.16 bits per heavy atom. The van der Waals surface area contributed by atoms with Gasteiger partial charge in [0, 0.05) is 6.54 Å². The van der Waals surface area contributed by atoms with E-state index in [2.05, 4.69) is 0 Å². The van der Waals surface area contributed by atoms with Crippen LogP contribution in [0.4, 0.5) is 0 Å². The van der Waals surface area contributed by atoms with Crippen LogP contribution in [0, 0.1) is 0 Å². The van der Waals surface area contributed by atoms with Crippen LogP contribution in [0.3, 0.4) is 0 Å². The number of rotatable bonds is 6. The van der Waals surface area contributed by atoms with Crippen molar-refractivity contribution in [2.24, 2.45) is 5.73 Å². The van der Waals surface area contributed by atoms with Gasteiger partial charge in [-0.25, -0.2) is 4.79 Å². The molecule has 0 fully saturated rings. The first kappa shape index (κ1) is 20.3. The van der Waals surface area contributed by atoms with Gasteiger partial charge in [-0.3, -0.25) is 0 Å². The van der Waals surface area contributed by atoms with Gasteiger partial charge in [0.1, 0.15) is 18.3 Å². The number of aliphatic hydroxyl groups is 5. The van der Waals surface area contributed by atoms with Crippen LogP contribution >= 0.6 is 0 Å². The van der Waals surface area contributed by atoms with E-state index in [4.69, 9.17) is 36.4 Å². The molecule has 0 heterocycles. The van der Waals surface area contributed by atoms with Gasteiger partial charge < -0.3 is 36.4 Å². The summed E-state index contributed by atoms with van der Waals surface area (Å²) < 4.78 is 0. The van der Waals surface area contributed by atoms with E-state index in [-0.39, 0.29) is 0 Å². The van der Waals surface area contributed by atoms with Crippen molar-refractivity contribution >= 4 is 5.97 Å². The van der Waals surface area contributed by atoms with E-state index in [1.54, 1.807) is 0 Å². The van der Waals surface area contributed by atoms with Crippen molar-refractivity contribution in [3.63, 3.8) is 0 Å². The molecular weight excluding hydrogens is 258 g/mol. The van der Waals surface area contributed by atoms with Gasteiger partial charge in [-0.1, -0.05) is 11.6 Å². The maximum Gasteiger partial charge on any atom is 0.335 e. The summed E-state index contributed by atoms with van der Waals surface area (Å²) in [6, 6.07) is 0. The van der Waals surface area contributed by atoms with Crippen molar-refractivity contribution in [2.45, 2.75) is 38.3 Å². The minimum atomic E-state index is -2.20. The molecule has 0 aliphatic carbocycles. The smallest absolute Gasteiger partial charge is 0.335 e. The van der Waals surface area contributed by atoms with Gasteiger partial charge in [-0.15, -0.1) is 0 Å². The summed E-state index contributed by atoms with van der Waals surface area (Å²) >= 11 is 0. The fourth-order valence-electron chi connectivity index (χ4n) is 0.904. The molecule has 0 spiro atoms. The number of carbonyl (C=O) groups is 1. The molecule has 0 aliphatic rings. The molecule has 114 valence electrons. The van der Waals surface area contributed by atoms with Crippen LogP contribution in [0.2, 0.25) is 0 Å². The average molecular weight is 281 g/mol. The molecule has 0 aromatic heterocycles. The lowest BCUT2D eigenvalue weighted by molar-refractivity contribution is -0.164. The number of carboxylic acid groups (broad SMARTS) is 1. The van der Waals surface area contributed by atoms with Gasteiger partial charge >= 0.3 is 5.97 Å². The predicted molar refractivity (Wildman–Crippen MR) is 67.2 cm³/mol. The molecule has 19 heavy (non-hydrogen) atoms. The third-order valence-electron chi connectivity index (χ3n) is 2.03. The van der Waals surface area contributed by atoms with Crippen molar-refractivity contribution < 1.29 is 35.4 Å². The highest BCUT2D eigenvalue weighted by Gasteiger charge is 2.33. The van der Waals surface area contributed by atoms with Gasteiger partial charge in [0.05, 0.1) is 6.61 Å². The summed E-state index contributed by atoms with van der Waals surface area (Å²) in [4.78, 5) is 10.1. The van der Waals surface area contributed by atoms with Crippen LogP contribution in [-0.4, -0.2) is 74.2 Å². The van der Waals surface area contributed by atoms with Gasteiger partial charge in [0.2, 0.25) is 0 Å². The number of hydrogen-bond acceptors (Lipinski definition) is 7. The zero-order valence-corrected chi connectivity index (χ0v) is 11.0. The highest BCUT2D eigenvalue weighted by Crippen LogP contribution is 2.04. The highest BCUT2D eigenvalue weighted by molar-refractivity contribution is 5.72. The van der Waals surface area contributed by atoms with E-state index in [0.717, 1.165) is 0 Å². The zero-order chi connectivity index (χ0) is 15.6. The normalized spacial score (nSPS) is 16.4. The second-order valence-corrected chi connectivity index (χ2v) is 4.03. The van der Waals surface area contributed by atoms with Crippen molar-refractivity contribution in [2.75, 3.05) is 13.2 Å². The third kappa shape index (κ3) is 9.54. The Kier molecular flexibility index (Phi) is 11.6. The molecule has 8 heteroatoms. The molecule has 0 radical (unpaired) electrons. The first-order valence-electron chi connectivity index (χ1n) is 5.58. The maximum absolute atomic E-state index is 10.1. The SMILES string of the molecule is CC(C)=CCN.O=C(O)[C@H](O)[C@@H](O)[C@H](O)[C@H](O)CO. The molecular formula is C11H23NO7. The molecule has 0 rings (SSSR count). The lowest BCUT2D eigenvalue weighted by atomic mass is 10.0. The van der Waals surface area contributed by atoms with Crippen LogP contribution < -0.4 is 5.73 Å². The lowest BCUT2D eigenvalue weighted by Crippen LogP contribution is -2.48. The van der Waals surface area contributed by atoms with Crippen LogP contribution in [0.25, 0.3) is 0 Å². The minimum Gasteiger partial charge on any atom is -0.479 e. The Balaban J connectivity index is 0. The molecule has 0 aliphatic heterocycles. The molecule has 0 aromatic rings. The quantitative estimate of drug-likeness (QED) is 0.261. The third-order valence-corrected chi connectivity index (χ3v) is 2.03. The average Bonchev–Trinajstić information content (AvgIpc) is 2.35. The fourth-order valence-corrected chi connectivity index (χ4v) is 0.904. The minimum absolute atomic E-state index is 0.669. The number of nitrogens with two attached hydrogens (primary N) is 1. The summed E-state index contributed by atoms with van der Waals surface area (Å²) in [6.45, 7) is 3.90. The molecule has 0 aromatic carbocycles. The Bertz CT molecular complexity index is 278. The lowest BCUT2D eigenvalue weighted by Gasteiger charge is -2.23. The van der Waals surface area contributed by atoms with Gasteiger partial charge in [0.25, 0.3) is 0 Å². The molecule has 0 bridgehead atoms. The van der Waals surface area contributed by atoms with E-state index < -0.39 is 37.0 Å². The number of hydrogen-bond donors (Lipinski definition) is 7. The highest BCUT2D eigenvalue weighted by atomic mass is 16.4. The van der Waals surface area contributed by atoms with E-state index in [1.165, 1.54) is 5.57 Å². The molecule has 0 amide bonds. The summed E-state index contributed by atoms with van der Waals surface area (Å²) in [5.41, 5.74) is 6.44. The molecule has 0 unspecified atom stereocenters. The Morgan fingerprint density at radius 2 is 1.63 bits per heavy atom. The first-order valence-corrected chi connectivity index (χ1v) is 5.58. The molecule has 8 N–H and O–H groups in total. The first-order chi connectivity index (χ1) is 8.68. The second kappa shape index (κ2) is 10.9. The van der Waals surface area contributed by atoms with Crippen LogP contribution in [0.15, 0.2) is 11.6 Å². The van der Waals surface area contributed by atoms with Gasteiger partial charge in [-0.2, -0.15) is 0 Å². The monoisotopic (exact) mass is 281 g/mol. The van der Waals surface area contributed by atoms with Gasteiger partial charge in [-0.05, 0) is 13.8 Å². The second-order valence-electron chi connectivity index (χ2n) is 4.03. The van der Waals surface area contributed by atoms with E-state index in [1.807, 2.05) is 19.9 Å². The largest absolute Gasteiger partial charge is 0.479 e. The van der Waals surface area contributed by atoms with Gasteiger partial charge in [0.15, 0.2) is 6.10 Å². The molecule has 0 saturated carbocycles. The number of allylic oxidation sites excluding steroid dienone is 1. The van der Waals surface area contributed by atoms with E-state index in [9.17, 15) is 4.79 Å². The molecule has 0 saturated heterocycles. The van der Waals surface area contributed by atoms with Crippen LogP contribution in [-0.2, 0) is 4.79 Å². The fraction of sp³-hybridized carbons (Fsp3) is 0.727. The zero-order valence-electron chi connectivity index (χ0n) is 11.0. The maximum atomic E-state index is 10.1. The Morgan fingerprint density at radius 3 is 1.84 bits per heavy atom. The van der Waals surface area contributed by atoms with Crippen molar-refractivity contribution in [1.82, 2.24) is 0 Å². The summed E-state index contributed by atoms with van der Waals surface area (Å²) in [5, 5.41) is 51.8. The topological polar surface area (TPSA) is 164 Å². The van der Waals surface area contributed by atoms with E-state index in [0.29, 0.717) is 6.54 Å². The van der Waals surface area contributed by atoms with E-state index >= 15 is 0 Å². The summed E-state index contributed by atoms with van der Waals surface area (Å²) in [7, 11) is 0. The van der Waals surface area contributed by atoms with Crippen molar-refractivity contribution in [1.29, 1.82) is 0 Å². The van der Waals surface area contributed by atoms with Crippen molar-refractivity contribution in [3.05, 3.63) is 11.6 Å². The Hall–Kier alpha value is -1.03. The molecule has 4 atom stereocenters. The number of aliphatic hydroxyl groups excluding tert-OH is 5. The summed E-state index contributed by atoms with van der Waals surface area (Å²) in [5.74, 6) is -1.73. The number of aliphatic carboxylic acids is 1. The number of carboxylic acids is 1. The Labute approximate surface area is 111 Å². The predicted octanol–water partition coefficient (Wildman–Crippen LogP) is -2.58. The van der Waals surface area contributed by atoms with Crippen LogP contribution in [0.1, 0.15) is 13.8 Å². The molecule has 8 nitrogen and oxygen atoms in total.